The monoisotopic (exact) mass is 593 g/mol. The second-order valence-corrected chi connectivity index (χ2v) is 11.3. The number of nitrogens with zero attached hydrogens (tertiary/aromatic N) is 3. The third-order valence-corrected chi connectivity index (χ3v) is 8.11. The minimum absolute atomic E-state index is 0.0607. The van der Waals surface area contributed by atoms with E-state index in [2.05, 4.69) is 25.5 Å². The number of ketones is 1. The van der Waals surface area contributed by atoms with Gasteiger partial charge in [0, 0.05) is 57.2 Å². The van der Waals surface area contributed by atoms with Gasteiger partial charge in [-0.3, -0.25) is 24.5 Å². The SMILES string of the molecule is Cc1c(CC(=O)c2ccc(CNCCO)cn2)cccc1-c1cccc(NC(=O)c2ccc(CN3CC[C@@H](O)C3)cn2)c1C. The maximum absolute atomic E-state index is 13.1. The van der Waals surface area contributed by atoms with E-state index in [0.717, 1.165) is 51.9 Å². The normalized spacial score (nSPS) is 15.0. The topological polar surface area (TPSA) is 128 Å². The largest absolute Gasteiger partial charge is 0.395 e. The number of amides is 1. The van der Waals surface area contributed by atoms with Crippen LogP contribution in [0.15, 0.2) is 73.1 Å². The molecule has 1 saturated heterocycles. The van der Waals surface area contributed by atoms with Gasteiger partial charge in [0.25, 0.3) is 5.91 Å². The van der Waals surface area contributed by atoms with Crippen molar-refractivity contribution in [3.05, 3.63) is 112 Å². The molecular weight excluding hydrogens is 554 g/mol. The first-order chi connectivity index (χ1) is 21.3. The number of nitrogens with one attached hydrogen (secondary N) is 2. The highest BCUT2D eigenvalue weighted by Gasteiger charge is 2.20. The molecule has 0 bridgehead atoms. The molecule has 0 spiro atoms. The maximum atomic E-state index is 13.1. The van der Waals surface area contributed by atoms with E-state index in [-0.39, 0.29) is 30.8 Å². The molecule has 4 aromatic rings. The minimum Gasteiger partial charge on any atom is -0.395 e. The first kappa shape index (κ1) is 31.2. The molecule has 9 heteroatoms. The number of hydrogen-bond donors (Lipinski definition) is 4. The molecule has 4 N–H and O–H groups in total. The number of pyridine rings is 2. The number of carbonyl (C=O) groups excluding carboxylic acids is 2. The zero-order valence-electron chi connectivity index (χ0n) is 25.2. The molecule has 0 aliphatic carbocycles. The van der Waals surface area contributed by atoms with Gasteiger partial charge in [-0.2, -0.15) is 0 Å². The number of likely N-dealkylation sites (tertiary alicyclic amines) is 1. The standard InChI is InChI=1S/C35H39N5O4/c1-23-27(17-34(43)32-11-9-25(19-37-32)18-36-14-16-41)5-3-6-29(23)30-7-4-8-31(24(30)2)39-35(44)33-12-10-26(20-38-33)21-40-15-13-28(42)22-40/h3-12,19-20,28,36,41-42H,13-18,21-22H2,1-2H3,(H,39,44)/t28-/m1/s1. The summed E-state index contributed by atoms with van der Waals surface area (Å²) in [5.41, 5.74) is 8.21. The van der Waals surface area contributed by atoms with Gasteiger partial charge in [0.05, 0.1) is 12.7 Å². The van der Waals surface area contributed by atoms with E-state index in [1.807, 2.05) is 62.4 Å². The molecule has 0 saturated carbocycles. The predicted octanol–water partition coefficient (Wildman–Crippen LogP) is 4.09. The Kier molecular flexibility index (Phi) is 10.2. The lowest BCUT2D eigenvalue weighted by molar-refractivity contribution is 0.0986. The molecule has 5 rings (SSSR count). The Bertz CT molecular complexity index is 1600. The van der Waals surface area contributed by atoms with Crippen LogP contribution in [0, 0.1) is 13.8 Å². The third-order valence-electron chi connectivity index (χ3n) is 8.11. The Morgan fingerprint density at radius 2 is 1.61 bits per heavy atom. The smallest absolute Gasteiger partial charge is 0.274 e. The fraction of sp³-hybridized carbons (Fsp3) is 0.314. The summed E-state index contributed by atoms with van der Waals surface area (Å²) >= 11 is 0. The van der Waals surface area contributed by atoms with Gasteiger partial charge in [-0.25, -0.2) is 0 Å². The number of aliphatic hydroxyl groups is 2. The summed E-state index contributed by atoms with van der Waals surface area (Å²) in [6.45, 7) is 7.36. The van der Waals surface area contributed by atoms with Gasteiger partial charge in [-0.05, 0) is 77.4 Å². The van der Waals surface area contributed by atoms with Gasteiger partial charge >= 0.3 is 0 Å². The van der Waals surface area contributed by atoms with Crippen LogP contribution in [0.2, 0.25) is 0 Å². The summed E-state index contributed by atoms with van der Waals surface area (Å²) < 4.78 is 0. The van der Waals surface area contributed by atoms with E-state index in [1.165, 1.54) is 0 Å². The maximum Gasteiger partial charge on any atom is 0.274 e. The Labute approximate surface area is 258 Å². The van der Waals surface area contributed by atoms with Crippen molar-refractivity contribution in [1.82, 2.24) is 20.2 Å². The van der Waals surface area contributed by atoms with Crippen LogP contribution in [0.3, 0.4) is 0 Å². The summed E-state index contributed by atoms with van der Waals surface area (Å²) in [5.74, 6) is -0.346. The summed E-state index contributed by atoms with van der Waals surface area (Å²) in [4.78, 5) is 37.1. The quantitative estimate of drug-likeness (QED) is 0.143. The van der Waals surface area contributed by atoms with Gasteiger partial charge in [-0.15, -0.1) is 0 Å². The zero-order chi connectivity index (χ0) is 31.1. The van der Waals surface area contributed by atoms with E-state index in [4.69, 9.17) is 5.11 Å². The van der Waals surface area contributed by atoms with Gasteiger partial charge in [0.1, 0.15) is 11.4 Å². The van der Waals surface area contributed by atoms with Crippen molar-refractivity contribution in [2.24, 2.45) is 0 Å². The van der Waals surface area contributed by atoms with Crippen molar-refractivity contribution >= 4 is 17.4 Å². The van der Waals surface area contributed by atoms with Crippen LogP contribution in [0.25, 0.3) is 11.1 Å². The molecule has 0 unspecified atom stereocenters. The highest BCUT2D eigenvalue weighted by Crippen LogP contribution is 2.32. The van der Waals surface area contributed by atoms with Gasteiger partial charge in [0.15, 0.2) is 5.78 Å². The van der Waals surface area contributed by atoms with Gasteiger partial charge < -0.3 is 20.8 Å². The first-order valence-electron chi connectivity index (χ1n) is 15.0. The number of benzene rings is 2. The van der Waals surface area contributed by atoms with Crippen LogP contribution < -0.4 is 10.6 Å². The Morgan fingerprint density at radius 1 is 0.909 bits per heavy atom. The Morgan fingerprint density at radius 3 is 2.30 bits per heavy atom. The molecule has 44 heavy (non-hydrogen) atoms. The highest BCUT2D eigenvalue weighted by molar-refractivity contribution is 6.04. The van der Waals surface area contributed by atoms with E-state index >= 15 is 0 Å². The number of hydrogen-bond acceptors (Lipinski definition) is 8. The lowest BCUT2D eigenvalue weighted by Gasteiger charge is -2.16. The zero-order valence-corrected chi connectivity index (χ0v) is 25.2. The molecule has 228 valence electrons. The van der Waals surface area contributed by atoms with Crippen molar-refractivity contribution < 1.29 is 19.8 Å². The van der Waals surface area contributed by atoms with E-state index in [0.29, 0.717) is 43.3 Å². The van der Waals surface area contributed by atoms with Crippen LogP contribution in [0.4, 0.5) is 5.69 Å². The average Bonchev–Trinajstić information content (AvgIpc) is 3.44. The van der Waals surface area contributed by atoms with E-state index in [1.54, 1.807) is 24.5 Å². The number of aliphatic hydroxyl groups excluding tert-OH is 2. The molecule has 1 fully saturated rings. The number of carbonyl (C=O) groups is 2. The number of Topliss-reactive ketones (excluding diaryl/α,β-unsaturated/α-hetero) is 1. The molecule has 1 atom stereocenters. The van der Waals surface area contributed by atoms with Crippen LogP contribution in [0.1, 0.15) is 55.2 Å². The first-order valence-corrected chi connectivity index (χ1v) is 15.0. The number of rotatable bonds is 12. The number of aromatic nitrogens is 2. The summed E-state index contributed by atoms with van der Waals surface area (Å²) in [5, 5.41) is 24.8. The molecule has 1 aliphatic rings. The molecule has 1 aliphatic heterocycles. The molecule has 1 amide bonds. The fourth-order valence-corrected chi connectivity index (χ4v) is 5.55. The predicted molar refractivity (Wildman–Crippen MR) is 171 cm³/mol. The van der Waals surface area contributed by atoms with E-state index in [9.17, 15) is 14.7 Å². The van der Waals surface area contributed by atoms with E-state index < -0.39 is 0 Å². The fourth-order valence-electron chi connectivity index (χ4n) is 5.55. The molecule has 0 radical (unpaired) electrons. The Hall–Kier alpha value is -4.28. The Balaban J connectivity index is 1.26. The van der Waals surface area contributed by atoms with Crippen LogP contribution in [-0.4, -0.2) is 69.1 Å². The number of β-amino-alcohol motifs (C(OH)–C–C–N with tert-alkyl or cyclic N) is 1. The van der Waals surface area contributed by atoms with Crippen LogP contribution in [0.5, 0.6) is 0 Å². The minimum atomic E-state index is -0.285. The van der Waals surface area contributed by atoms with Crippen molar-refractivity contribution in [2.75, 3.05) is 31.6 Å². The summed E-state index contributed by atoms with van der Waals surface area (Å²) in [6.07, 6.45) is 4.15. The van der Waals surface area contributed by atoms with Crippen LogP contribution >= 0.6 is 0 Å². The van der Waals surface area contributed by atoms with Crippen molar-refractivity contribution in [3.63, 3.8) is 0 Å². The van der Waals surface area contributed by atoms with Crippen molar-refractivity contribution in [3.8, 4) is 11.1 Å². The molecule has 2 aromatic heterocycles. The second-order valence-electron chi connectivity index (χ2n) is 11.3. The highest BCUT2D eigenvalue weighted by atomic mass is 16.3. The van der Waals surface area contributed by atoms with Gasteiger partial charge in [0.2, 0.25) is 0 Å². The average molecular weight is 594 g/mol. The van der Waals surface area contributed by atoms with Crippen molar-refractivity contribution in [1.29, 1.82) is 0 Å². The summed E-state index contributed by atoms with van der Waals surface area (Å²) in [6, 6.07) is 19.0. The van der Waals surface area contributed by atoms with Gasteiger partial charge in [-0.1, -0.05) is 42.5 Å². The third kappa shape index (κ3) is 7.62. The lowest BCUT2D eigenvalue weighted by Crippen LogP contribution is -2.21. The number of anilines is 1. The molecule has 9 nitrogen and oxygen atoms in total. The van der Waals surface area contributed by atoms with Crippen molar-refractivity contribution in [2.45, 2.75) is 45.9 Å². The molecule has 2 aromatic carbocycles. The molecule has 3 heterocycles. The summed E-state index contributed by atoms with van der Waals surface area (Å²) in [7, 11) is 0. The second kappa shape index (κ2) is 14.5. The molecular formula is C35H39N5O4. The van der Waals surface area contributed by atoms with Crippen LogP contribution in [-0.2, 0) is 19.5 Å². The lowest BCUT2D eigenvalue weighted by atomic mass is 9.91.